The molecule has 0 aromatic heterocycles. The molecule has 0 spiro atoms. The van der Waals surface area contributed by atoms with Gasteiger partial charge in [0.25, 0.3) is 0 Å². The van der Waals surface area contributed by atoms with Gasteiger partial charge in [0.05, 0.1) is 19.8 Å². The smallest absolute Gasteiger partial charge is 0.191 e. The lowest BCUT2D eigenvalue weighted by atomic mass is 10.0. The fourth-order valence-electron chi connectivity index (χ4n) is 3.38. The maximum Gasteiger partial charge on any atom is 0.191 e. The quantitative estimate of drug-likeness (QED) is 0.512. The van der Waals surface area contributed by atoms with Gasteiger partial charge in [0.2, 0.25) is 0 Å². The standard InChI is InChI=1S/C21H36N4O2/c1-5-27-20-8-6-7-18(14-20)15-23-21(22-4)24-16-19(13-17(2)3)25-9-11-26-12-10-25/h6-8,14,17,19H,5,9-13,15-16H2,1-4H3,(H2,22,23,24). The zero-order valence-electron chi connectivity index (χ0n) is 17.3. The van der Waals surface area contributed by atoms with Crippen molar-refractivity contribution in [1.82, 2.24) is 15.5 Å². The molecule has 0 amide bonds. The second kappa shape index (κ2) is 11.8. The molecule has 2 N–H and O–H groups in total. The van der Waals surface area contributed by atoms with Crippen LogP contribution in [-0.2, 0) is 11.3 Å². The van der Waals surface area contributed by atoms with E-state index in [-0.39, 0.29) is 0 Å². The third kappa shape index (κ3) is 7.77. The maximum absolute atomic E-state index is 5.57. The average molecular weight is 377 g/mol. The Hall–Kier alpha value is -1.79. The predicted octanol–water partition coefficient (Wildman–Crippen LogP) is 2.50. The Morgan fingerprint density at radius 2 is 2.04 bits per heavy atom. The summed E-state index contributed by atoms with van der Waals surface area (Å²) < 4.78 is 11.1. The summed E-state index contributed by atoms with van der Waals surface area (Å²) in [6, 6.07) is 8.67. The second-order valence-corrected chi connectivity index (χ2v) is 7.32. The molecule has 0 saturated carbocycles. The number of ether oxygens (including phenoxy) is 2. The maximum atomic E-state index is 5.57. The van der Waals surface area contributed by atoms with Crippen LogP contribution < -0.4 is 15.4 Å². The largest absolute Gasteiger partial charge is 0.494 e. The van der Waals surface area contributed by atoms with Crippen LogP contribution in [0.25, 0.3) is 0 Å². The molecule has 152 valence electrons. The molecule has 1 aliphatic heterocycles. The minimum absolute atomic E-state index is 0.494. The molecule has 2 rings (SSSR count). The fraction of sp³-hybridized carbons (Fsp3) is 0.667. The van der Waals surface area contributed by atoms with Crippen molar-refractivity contribution in [3.05, 3.63) is 29.8 Å². The van der Waals surface area contributed by atoms with Crippen LogP contribution in [0.15, 0.2) is 29.3 Å². The van der Waals surface area contributed by atoms with E-state index < -0.39 is 0 Å². The number of guanidine groups is 1. The first kappa shape index (κ1) is 21.5. The molecule has 0 aliphatic carbocycles. The second-order valence-electron chi connectivity index (χ2n) is 7.32. The third-order valence-corrected chi connectivity index (χ3v) is 4.70. The summed E-state index contributed by atoms with van der Waals surface area (Å²) in [5.41, 5.74) is 1.18. The van der Waals surface area contributed by atoms with Crippen LogP contribution in [0.1, 0.15) is 32.8 Å². The Bertz CT molecular complexity index is 571. The van der Waals surface area contributed by atoms with Gasteiger partial charge in [-0.15, -0.1) is 0 Å². The molecule has 6 nitrogen and oxygen atoms in total. The van der Waals surface area contributed by atoms with E-state index in [1.54, 1.807) is 0 Å². The average Bonchev–Trinajstić information content (AvgIpc) is 2.68. The summed E-state index contributed by atoms with van der Waals surface area (Å²) in [5.74, 6) is 2.40. The molecule has 6 heteroatoms. The normalized spacial score (nSPS) is 17.0. The van der Waals surface area contributed by atoms with Crippen molar-refractivity contribution >= 4 is 5.96 Å². The number of aliphatic imine (C=N–C) groups is 1. The molecule has 1 atom stereocenters. The van der Waals surface area contributed by atoms with Crippen molar-refractivity contribution in [2.24, 2.45) is 10.9 Å². The van der Waals surface area contributed by atoms with E-state index in [4.69, 9.17) is 9.47 Å². The lowest BCUT2D eigenvalue weighted by molar-refractivity contribution is 0.0132. The Balaban J connectivity index is 1.86. The van der Waals surface area contributed by atoms with Gasteiger partial charge in [-0.05, 0) is 37.0 Å². The molecule has 1 fully saturated rings. The van der Waals surface area contributed by atoms with Gasteiger partial charge < -0.3 is 20.1 Å². The number of nitrogens with zero attached hydrogens (tertiary/aromatic N) is 2. The number of benzene rings is 1. The first-order chi connectivity index (χ1) is 13.1. The number of rotatable bonds is 9. The van der Waals surface area contributed by atoms with Crippen molar-refractivity contribution in [2.75, 3.05) is 46.5 Å². The zero-order valence-corrected chi connectivity index (χ0v) is 17.3. The number of nitrogens with one attached hydrogen (secondary N) is 2. The minimum atomic E-state index is 0.494. The molecule has 1 unspecified atom stereocenters. The topological polar surface area (TPSA) is 58.1 Å². The summed E-state index contributed by atoms with van der Waals surface area (Å²) in [7, 11) is 1.82. The van der Waals surface area contributed by atoms with Crippen LogP contribution in [0.2, 0.25) is 0 Å². The minimum Gasteiger partial charge on any atom is -0.494 e. The Morgan fingerprint density at radius 1 is 1.26 bits per heavy atom. The van der Waals surface area contributed by atoms with E-state index in [2.05, 4.69) is 46.5 Å². The lowest BCUT2D eigenvalue weighted by Crippen LogP contribution is -2.50. The molecule has 1 aromatic rings. The summed E-state index contributed by atoms with van der Waals surface area (Å²) in [4.78, 5) is 6.92. The highest BCUT2D eigenvalue weighted by atomic mass is 16.5. The number of morpholine rings is 1. The zero-order chi connectivity index (χ0) is 19.5. The van der Waals surface area contributed by atoms with Crippen LogP contribution in [0.4, 0.5) is 0 Å². The third-order valence-electron chi connectivity index (χ3n) is 4.70. The van der Waals surface area contributed by atoms with Crippen LogP contribution in [0.3, 0.4) is 0 Å². The highest BCUT2D eigenvalue weighted by molar-refractivity contribution is 5.79. The van der Waals surface area contributed by atoms with Gasteiger partial charge in [-0.3, -0.25) is 9.89 Å². The summed E-state index contributed by atoms with van der Waals surface area (Å²) >= 11 is 0. The van der Waals surface area contributed by atoms with Crippen molar-refractivity contribution in [3.63, 3.8) is 0 Å². The first-order valence-corrected chi connectivity index (χ1v) is 10.1. The molecular weight excluding hydrogens is 340 g/mol. The molecule has 0 radical (unpaired) electrons. The molecule has 1 aromatic carbocycles. The Kier molecular flexibility index (Phi) is 9.42. The van der Waals surface area contributed by atoms with Crippen LogP contribution in [-0.4, -0.2) is 63.4 Å². The van der Waals surface area contributed by atoms with Gasteiger partial charge in [0, 0.05) is 39.3 Å². The summed E-state index contributed by atoms with van der Waals surface area (Å²) in [5, 5.41) is 6.91. The van der Waals surface area contributed by atoms with Gasteiger partial charge in [0.15, 0.2) is 5.96 Å². The summed E-state index contributed by atoms with van der Waals surface area (Å²) in [6.45, 7) is 12.5. The molecule has 27 heavy (non-hydrogen) atoms. The molecule has 1 heterocycles. The number of hydrogen-bond donors (Lipinski definition) is 2. The lowest BCUT2D eigenvalue weighted by Gasteiger charge is -2.35. The van der Waals surface area contributed by atoms with Crippen molar-refractivity contribution in [1.29, 1.82) is 0 Å². The van der Waals surface area contributed by atoms with E-state index in [1.165, 1.54) is 12.0 Å². The van der Waals surface area contributed by atoms with Gasteiger partial charge in [-0.1, -0.05) is 26.0 Å². The van der Waals surface area contributed by atoms with E-state index in [0.717, 1.165) is 44.6 Å². The van der Waals surface area contributed by atoms with E-state index in [1.807, 2.05) is 26.1 Å². The molecule has 0 bridgehead atoms. The van der Waals surface area contributed by atoms with Gasteiger partial charge in [0.1, 0.15) is 5.75 Å². The van der Waals surface area contributed by atoms with Gasteiger partial charge >= 0.3 is 0 Å². The highest BCUT2D eigenvalue weighted by Crippen LogP contribution is 2.14. The molecule has 1 saturated heterocycles. The van der Waals surface area contributed by atoms with E-state index >= 15 is 0 Å². The first-order valence-electron chi connectivity index (χ1n) is 10.1. The Morgan fingerprint density at radius 3 is 2.70 bits per heavy atom. The van der Waals surface area contributed by atoms with Crippen LogP contribution in [0.5, 0.6) is 5.75 Å². The SMILES string of the molecule is CCOc1cccc(CNC(=NC)NCC(CC(C)C)N2CCOCC2)c1. The monoisotopic (exact) mass is 376 g/mol. The molecule has 1 aliphatic rings. The highest BCUT2D eigenvalue weighted by Gasteiger charge is 2.22. The van der Waals surface area contributed by atoms with Gasteiger partial charge in [-0.2, -0.15) is 0 Å². The van der Waals surface area contributed by atoms with Crippen molar-refractivity contribution < 1.29 is 9.47 Å². The fourth-order valence-corrected chi connectivity index (χ4v) is 3.38. The summed E-state index contributed by atoms with van der Waals surface area (Å²) in [6.07, 6.45) is 1.17. The Labute approximate surface area is 164 Å². The predicted molar refractivity (Wildman–Crippen MR) is 111 cm³/mol. The van der Waals surface area contributed by atoms with E-state index in [0.29, 0.717) is 25.1 Å². The van der Waals surface area contributed by atoms with Crippen LogP contribution >= 0.6 is 0 Å². The molecular formula is C21H36N4O2. The van der Waals surface area contributed by atoms with Gasteiger partial charge in [-0.25, -0.2) is 0 Å². The van der Waals surface area contributed by atoms with Crippen molar-refractivity contribution in [3.8, 4) is 5.75 Å². The van der Waals surface area contributed by atoms with Crippen molar-refractivity contribution in [2.45, 2.75) is 39.8 Å². The van der Waals surface area contributed by atoms with E-state index in [9.17, 15) is 0 Å². The number of hydrogen-bond acceptors (Lipinski definition) is 4. The van der Waals surface area contributed by atoms with Crippen LogP contribution in [0, 0.1) is 5.92 Å².